The second kappa shape index (κ2) is 8.71. The molecule has 0 aliphatic carbocycles. The highest BCUT2D eigenvalue weighted by Gasteiger charge is 2.22. The first-order valence-corrected chi connectivity index (χ1v) is 8.28. The van der Waals surface area contributed by atoms with Crippen LogP contribution in [0.25, 0.3) is 0 Å². The Hall–Kier alpha value is -1.04. The van der Waals surface area contributed by atoms with Gasteiger partial charge in [-0.2, -0.15) is 0 Å². The Labute approximate surface area is 144 Å². The van der Waals surface area contributed by atoms with Crippen LogP contribution in [0, 0.1) is 11.7 Å². The van der Waals surface area contributed by atoms with Crippen molar-refractivity contribution in [1.29, 1.82) is 0 Å². The summed E-state index contributed by atoms with van der Waals surface area (Å²) in [5, 5.41) is 3.49. The van der Waals surface area contributed by atoms with E-state index in [1.165, 1.54) is 39.1 Å². The molecule has 0 bridgehead atoms. The summed E-state index contributed by atoms with van der Waals surface area (Å²) >= 11 is 0. The van der Waals surface area contributed by atoms with E-state index in [1.807, 2.05) is 6.07 Å². The normalized spacial score (nSPS) is 22.5. The standard InChI is InChI=1S/C17H26FN3O.ClH/c1-22-17-11-15(4-5-16(17)18)21-9-7-20(8-10-21)13-14-3-2-6-19-12-14;/h4-5,11,14,19H,2-3,6-10,12-13H2,1H3;1H. The van der Waals surface area contributed by atoms with Gasteiger partial charge < -0.3 is 15.0 Å². The fourth-order valence-electron chi connectivity index (χ4n) is 3.48. The molecule has 23 heavy (non-hydrogen) atoms. The van der Waals surface area contributed by atoms with Gasteiger partial charge in [-0.15, -0.1) is 12.4 Å². The van der Waals surface area contributed by atoms with Crippen LogP contribution in [0.15, 0.2) is 18.2 Å². The predicted octanol–water partition coefficient (Wildman–Crippen LogP) is 2.38. The minimum atomic E-state index is -0.297. The molecule has 0 spiro atoms. The third kappa shape index (κ3) is 4.72. The summed E-state index contributed by atoms with van der Waals surface area (Å²) in [5.41, 5.74) is 1.05. The van der Waals surface area contributed by atoms with E-state index in [9.17, 15) is 4.39 Å². The monoisotopic (exact) mass is 343 g/mol. The van der Waals surface area contributed by atoms with Crippen LogP contribution >= 0.6 is 12.4 Å². The second-order valence-electron chi connectivity index (χ2n) is 6.32. The maximum atomic E-state index is 13.5. The molecule has 2 saturated heterocycles. The molecule has 2 heterocycles. The number of hydrogen-bond acceptors (Lipinski definition) is 4. The number of methoxy groups -OCH3 is 1. The minimum absolute atomic E-state index is 0. The highest BCUT2D eigenvalue weighted by atomic mass is 35.5. The number of anilines is 1. The summed E-state index contributed by atoms with van der Waals surface area (Å²) in [6.07, 6.45) is 2.66. The van der Waals surface area contributed by atoms with E-state index in [2.05, 4.69) is 15.1 Å². The lowest BCUT2D eigenvalue weighted by Crippen LogP contribution is -2.49. The minimum Gasteiger partial charge on any atom is -0.494 e. The van der Waals surface area contributed by atoms with Crippen molar-refractivity contribution in [3.8, 4) is 5.75 Å². The van der Waals surface area contributed by atoms with Gasteiger partial charge in [-0.25, -0.2) is 4.39 Å². The molecule has 3 rings (SSSR count). The Bertz CT molecular complexity index is 489. The van der Waals surface area contributed by atoms with Crippen LogP contribution in [-0.2, 0) is 0 Å². The van der Waals surface area contributed by atoms with Crippen molar-refractivity contribution in [1.82, 2.24) is 10.2 Å². The number of nitrogens with zero attached hydrogens (tertiary/aromatic N) is 2. The molecule has 0 amide bonds. The van der Waals surface area contributed by atoms with Crippen LogP contribution in [0.1, 0.15) is 12.8 Å². The maximum absolute atomic E-state index is 13.5. The number of nitrogens with one attached hydrogen (secondary N) is 1. The molecule has 130 valence electrons. The van der Waals surface area contributed by atoms with Crippen molar-refractivity contribution in [2.24, 2.45) is 5.92 Å². The van der Waals surface area contributed by atoms with Crippen LogP contribution in [-0.4, -0.2) is 57.8 Å². The van der Waals surface area contributed by atoms with Gasteiger partial charge in [0.15, 0.2) is 11.6 Å². The molecule has 1 aromatic rings. The van der Waals surface area contributed by atoms with Crippen LogP contribution in [0.2, 0.25) is 0 Å². The van der Waals surface area contributed by atoms with Crippen LogP contribution in [0.5, 0.6) is 5.75 Å². The van der Waals surface area contributed by atoms with Gasteiger partial charge in [-0.3, -0.25) is 4.90 Å². The summed E-state index contributed by atoms with van der Waals surface area (Å²) in [6.45, 7) is 7.69. The van der Waals surface area contributed by atoms with Crippen molar-refractivity contribution in [2.45, 2.75) is 12.8 Å². The Morgan fingerprint density at radius 2 is 2.04 bits per heavy atom. The third-order valence-electron chi connectivity index (χ3n) is 4.79. The molecule has 2 aliphatic rings. The number of halogens is 2. The molecule has 6 heteroatoms. The Kier molecular flexibility index (Phi) is 6.93. The molecule has 0 radical (unpaired) electrons. The molecule has 0 saturated carbocycles. The summed E-state index contributed by atoms with van der Waals surface area (Å²) in [5.74, 6) is 0.828. The van der Waals surface area contributed by atoms with Crippen molar-refractivity contribution in [2.75, 3.05) is 57.8 Å². The largest absolute Gasteiger partial charge is 0.494 e. The maximum Gasteiger partial charge on any atom is 0.165 e. The predicted molar refractivity (Wildman–Crippen MR) is 94.4 cm³/mol. The van der Waals surface area contributed by atoms with Gasteiger partial charge in [0.1, 0.15) is 0 Å². The van der Waals surface area contributed by atoms with E-state index >= 15 is 0 Å². The first-order valence-electron chi connectivity index (χ1n) is 8.28. The molecule has 0 aromatic heterocycles. The Balaban J connectivity index is 0.00000192. The van der Waals surface area contributed by atoms with Gasteiger partial charge in [-0.1, -0.05) is 0 Å². The van der Waals surface area contributed by atoms with Crippen molar-refractivity contribution in [3.05, 3.63) is 24.0 Å². The summed E-state index contributed by atoms with van der Waals surface area (Å²) in [6, 6.07) is 5.14. The van der Waals surface area contributed by atoms with E-state index in [4.69, 9.17) is 4.74 Å². The Morgan fingerprint density at radius 3 is 2.70 bits per heavy atom. The average Bonchev–Trinajstić information content (AvgIpc) is 2.57. The fraction of sp³-hybridized carbons (Fsp3) is 0.647. The van der Waals surface area contributed by atoms with E-state index in [-0.39, 0.29) is 18.2 Å². The van der Waals surface area contributed by atoms with E-state index in [0.717, 1.165) is 44.3 Å². The van der Waals surface area contributed by atoms with Crippen LogP contribution in [0.3, 0.4) is 0 Å². The number of benzene rings is 1. The highest BCUT2D eigenvalue weighted by Crippen LogP contribution is 2.25. The highest BCUT2D eigenvalue weighted by molar-refractivity contribution is 5.85. The summed E-state index contributed by atoms with van der Waals surface area (Å²) in [7, 11) is 1.51. The van der Waals surface area contributed by atoms with Gasteiger partial charge in [0.25, 0.3) is 0 Å². The van der Waals surface area contributed by atoms with E-state index < -0.39 is 0 Å². The van der Waals surface area contributed by atoms with Gasteiger partial charge in [-0.05, 0) is 44.0 Å². The van der Waals surface area contributed by atoms with Crippen molar-refractivity contribution in [3.63, 3.8) is 0 Å². The number of hydrogen-bond donors (Lipinski definition) is 1. The van der Waals surface area contributed by atoms with Gasteiger partial charge in [0.2, 0.25) is 0 Å². The van der Waals surface area contributed by atoms with E-state index in [0.29, 0.717) is 5.75 Å². The summed E-state index contributed by atoms with van der Waals surface area (Å²) < 4.78 is 18.6. The molecular formula is C17H27ClFN3O. The zero-order valence-corrected chi connectivity index (χ0v) is 14.6. The molecule has 1 aromatic carbocycles. The molecule has 1 unspecified atom stereocenters. The summed E-state index contributed by atoms with van der Waals surface area (Å²) in [4.78, 5) is 4.88. The first kappa shape index (κ1) is 18.3. The van der Waals surface area contributed by atoms with Gasteiger partial charge >= 0.3 is 0 Å². The van der Waals surface area contributed by atoms with Crippen LogP contribution in [0.4, 0.5) is 10.1 Å². The lowest BCUT2D eigenvalue weighted by Gasteiger charge is -2.38. The molecule has 1 N–H and O–H groups in total. The van der Waals surface area contributed by atoms with E-state index in [1.54, 1.807) is 6.07 Å². The molecule has 4 nitrogen and oxygen atoms in total. The molecule has 2 fully saturated rings. The average molecular weight is 344 g/mol. The zero-order chi connectivity index (χ0) is 15.4. The topological polar surface area (TPSA) is 27.7 Å². The second-order valence-corrected chi connectivity index (χ2v) is 6.32. The molecule has 1 atom stereocenters. The number of piperidine rings is 1. The Morgan fingerprint density at radius 1 is 1.26 bits per heavy atom. The molecular weight excluding hydrogens is 317 g/mol. The lowest BCUT2D eigenvalue weighted by atomic mass is 9.99. The van der Waals surface area contributed by atoms with Gasteiger partial charge in [0.05, 0.1) is 7.11 Å². The first-order chi connectivity index (χ1) is 10.8. The SMILES string of the molecule is COc1cc(N2CCN(CC3CCCNC3)CC2)ccc1F.Cl. The van der Waals surface area contributed by atoms with Crippen molar-refractivity contribution < 1.29 is 9.13 Å². The smallest absolute Gasteiger partial charge is 0.165 e. The number of rotatable bonds is 4. The third-order valence-corrected chi connectivity index (χ3v) is 4.79. The quantitative estimate of drug-likeness (QED) is 0.908. The number of piperazine rings is 1. The van der Waals surface area contributed by atoms with Crippen LogP contribution < -0.4 is 15.0 Å². The molecule has 2 aliphatic heterocycles. The van der Waals surface area contributed by atoms with Gasteiger partial charge in [0, 0.05) is 44.5 Å². The zero-order valence-electron chi connectivity index (χ0n) is 13.8. The lowest BCUT2D eigenvalue weighted by molar-refractivity contribution is 0.199. The number of ether oxygens (including phenoxy) is 1. The van der Waals surface area contributed by atoms with Crippen molar-refractivity contribution >= 4 is 18.1 Å². The fourth-order valence-corrected chi connectivity index (χ4v) is 3.48.